The molecule has 4 atom stereocenters. The maximum atomic E-state index is 15.0. The van der Waals surface area contributed by atoms with E-state index in [9.17, 15) is 23.5 Å². The molecule has 1 aromatic carbocycles. The summed E-state index contributed by atoms with van der Waals surface area (Å²) in [6.45, 7) is 9.51. The molecule has 0 bridgehead atoms. The fraction of sp³-hybridized carbons (Fsp3) is 0.533. The third kappa shape index (κ3) is 6.01. The summed E-state index contributed by atoms with van der Waals surface area (Å²) in [6.07, 6.45) is 7.11. The van der Waals surface area contributed by atoms with Crippen molar-refractivity contribution < 1.29 is 23.5 Å². The second-order valence-electron chi connectivity index (χ2n) is 12.3. The zero-order chi connectivity index (χ0) is 29.4. The third-order valence-electron chi connectivity index (χ3n) is 8.14. The number of halogens is 4. The van der Waals surface area contributed by atoms with Crippen molar-refractivity contribution in [1.82, 2.24) is 10.6 Å². The van der Waals surface area contributed by atoms with Gasteiger partial charge in [0.2, 0.25) is 11.8 Å². The molecular formula is C30H37Cl2F2N3O3. The van der Waals surface area contributed by atoms with Gasteiger partial charge in [-0.25, -0.2) is 8.78 Å². The fourth-order valence-electron chi connectivity index (χ4n) is 6.42. The highest BCUT2D eigenvalue weighted by atomic mass is 35.5. The van der Waals surface area contributed by atoms with E-state index >= 15 is 0 Å². The molecule has 4 rings (SSSR count). The predicted molar refractivity (Wildman–Crippen MR) is 155 cm³/mol. The quantitative estimate of drug-likeness (QED) is 0.305. The van der Waals surface area contributed by atoms with Crippen LogP contribution >= 0.6 is 23.2 Å². The molecular weight excluding hydrogens is 559 g/mol. The smallest absolute Gasteiger partial charge is 0.238 e. The maximum Gasteiger partial charge on any atom is 0.238 e. The van der Waals surface area contributed by atoms with Crippen LogP contribution in [0, 0.1) is 17.2 Å². The van der Waals surface area contributed by atoms with Crippen LogP contribution in [0.4, 0.5) is 14.5 Å². The molecule has 40 heavy (non-hydrogen) atoms. The average Bonchev–Trinajstić information content (AvgIpc) is 3.35. The topological polar surface area (TPSA) is 90.5 Å². The van der Waals surface area contributed by atoms with Crippen molar-refractivity contribution in [3.05, 3.63) is 63.9 Å². The molecule has 2 heterocycles. The molecule has 1 spiro atoms. The van der Waals surface area contributed by atoms with E-state index in [1.165, 1.54) is 24.3 Å². The number of hydrogen-bond donors (Lipinski definition) is 4. The van der Waals surface area contributed by atoms with Crippen LogP contribution in [0.15, 0.2) is 47.5 Å². The molecule has 4 N–H and O–H groups in total. The van der Waals surface area contributed by atoms with Crippen LogP contribution in [-0.2, 0) is 15.0 Å². The summed E-state index contributed by atoms with van der Waals surface area (Å²) < 4.78 is 27.9. The van der Waals surface area contributed by atoms with E-state index in [1.54, 1.807) is 6.08 Å². The third-order valence-corrected chi connectivity index (χ3v) is 8.66. The first-order chi connectivity index (χ1) is 18.8. The lowest BCUT2D eigenvalue weighted by atomic mass is 9.62. The van der Waals surface area contributed by atoms with Crippen molar-refractivity contribution in [2.45, 2.75) is 82.5 Å². The lowest BCUT2D eigenvalue weighted by molar-refractivity contribution is -0.125. The first-order valence-corrected chi connectivity index (χ1v) is 14.4. The number of amides is 2. The van der Waals surface area contributed by atoms with E-state index in [0.717, 1.165) is 0 Å². The summed E-state index contributed by atoms with van der Waals surface area (Å²) in [4.78, 5) is 28.0. The van der Waals surface area contributed by atoms with Crippen molar-refractivity contribution in [2.75, 3.05) is 12.0 Å². The Kier molecular flexibility index (Phi) is 9.15. The molecule has 6 nitrogen and oxygen atoms in total. The van der Waals surface area contributed by atoms with Gasteiger partial charge in [-0.3, -0.25) is 9.59 Å². The van der Waals surface area contributed by atoms with Gasteiger partial charge in [0.15, 0.2) is 0 Å². The summed E-state index contributed by atoms with van der Waals surface area (Å²) >= 11 is 11.9. The standard InChI is InChI=1S/C30H37Cl2F2N3O3/c1-16(6-5-7-17(31)15-33)25-26(27(39)35-18-8-10-19(38)11-9-18)37-24(14-29(2,3)4)30(25)20-12-22(34)21(32)13-23(20)36-28(30)40/h5-7,12-13,18-19,24-26,37-38H,1,8-11,14-15H2,2-4H3,(H,35,39)(H,36,40)/b6-5-,17-7+/t18-,19-,24-,25+,26-,30+/m1/s1. The van der Waals surface area contributed by atoms with Gasteiger partial charge in [0.05, 0.1) is 17.2 Å². The van der Waals surface area contributed by atoms with Crippen LogP contribution in [0.2, 0.25) is 5.02 Å². The number of hydrogen-bond acceptors (Lipinski definition) is 4. The SMILES string of the molecule is C=C(/C=C\C=C(\Cl)CF)[C@H]1[C@H](C(=O)N[C@H]2CC[C@H](O)CC2)N[C@H](CC(C)(C)C)[C@]12C(=O)Nc1cc(Cl)c(F)cc12. The molecule has 1 saturated heterocycles. The lowest BCUT2D eigenvalue weighted by Gasteiger charge is -2.38. The minimum absolute atomic E-state index is 0.0108. The molecule has 0 aromatic heterocycles. The van der Waals surface area contributed by atoms with E-state index in [0.29, 0.717) is 48.9 Å². The largest absolute Gasteiger partial charge is 0.393 e. The van der Waals surface area contributed by atoms with Crippen LogP contribution < -0.4 is 16.0 Å². The number of carbonyl (C=O) groups is 2. The molecule has 0 radical (unpaired) electrons. The molecule has 2 aliphatic heterocycles. The summed E-state index contributed by atoms with van der Waals surface area (Å²) in [5.74, 6) is -2.16. The number of allylic oxidation sites excluding steroid dienone is 4. The van der Waals surface area contributed by atoms with Crippen molar-refractivity contribution in [1.29, 1.82) is 0 Å². The zero-order valence-corrected chi connectivity index (χ0v) is 24.5. The average molecular weight is 597 g/mol. The van der Waals surface area contributed by atoms with Crippen LogP contribution in [-0.4, -0.2) is 47.8 Å². The summed E-state index contributed by atoms with van der Waals surface area (Å²) in [5.41, 5.74) is -0.409. The Bertz CT molecular complexity index is 1240. The van der Waals surface area contributed by atoms with Crippen molar-refractivity contribution >= 4 is 40.7 Å². The van der Waals surface area contributed by atoms with E-state index in [4.69, 9.17) is 23.2 Å². The van der Waals surface area contributed by atoms with Crippen molar-refractivity contribution in [2.24, 2.45) is 11.3 Å². The fourth-order valence-corrected chi connectivity index (χ4v) is 6.66. The summed E-state index contributed by atoms with van der Waals surface area (Å²) in [5, 5.41) is 19.2. The number of rotatable bonds is 7. The number of anilines is 1. The van der Waals surface area contributed by atoms with Gasteiger partial charge < -0.3 is 21.1 Å². The van der Waals surface area contributed by atoms with Crippen molar-refractivity contribution in [3.8, 4) is 0 Å². The van der Waals surface area contributed by atoms with Crippen LogP contribution in [0.25, 0.3) is 0 Å². The minimum atomic E-state index is -1.38. The van der Waals surface area contributed by atoms with E-state index in [1.807, 2.05) is 20.8 Å². The number of aliphatic hydroxyl groups is 1. The maximum absolute atomic E-state index is 15.0. The second-order valence-corrected chi connectivity index (χ2v) is 13.2. The van der Waals surface area contributed by atoms with E-state index in [2.05, 4.69) is 22.5 Å². The van der Waals surface area contributed by atoms with Crippen molar-refractivity contribution in [3.63, 3.8) is 0 Å². The van der Waals surface area contributed by atoms with E-state index in [-0.39, 0.29) is 39.4 Å². The molecule has 3 aliphatic rings. The number of alkyl halides is 1. The normalized spacial score (nSPS) is 30.6. The van der Waals surface area contributed by atoms with E-state index < -0.39 is 35.9 Å². The number of carbonyl (C=O) groups excluding carboxylic acids is 2. The Morgan fingerprint density at radius 3 is 2.58 bits per heavy atom. The highest BCUT2D eigenvalue weighted by Gasteiger charge is 2.66. The van der Waals surface area contributed by atoms with Crippen LogP contribution in [0.1, 0.15) is 58.4 Å². The van der Waals surface area contributed by atoms with Gasteiger partial charge in [-0.1, -0.05) is 62.7 Å². The Hall–Kier alpha value is -2.26. The Labute approximate surface area is 244 Å². The molecule has 1 aliphatic carbocycles. The molecule has 218 valence electrons. The van der Waals surface area contributed by atoms with Gasteiger partial charge >= 0.3 is 0 Å². The van der Waals surface area contributed by atoms with Gasteiger partial charge in [0.25, 0.3) is 0 Å². The highest BCUT2D eigenvalue weighted by Crippen LogP contribution is 2.55. The van der Waals surface area contributed by atoms with Gasteiger partial charge in [0, 0.05) is 28.7 Å². The summed E-state index contributed by atoms with van der Waals surface area (Å²) in [6, 6.07) is 1.12. The molecule has 1 aromatic rings. The molecule has 1 saturated carbocycles. The highest BCUT2D eigenvalue weighted by molar-refractivity contribution is 6.31. The zero-order valence-electron chi connectivity index (χ0n) is 23.0. The van der Waals surface area contributed by atoms with Crippen LogP contribution in [0.5, 0.6) is 0 Å². The number of aliphatic hydroxyl groups excluding tert-OH is 1. The molecule has 2 amide bonds. The predicted octanol–water partition coefficient (Wildman–Crippen LogP) is 5.69. The lowest BCUT2D eigenvalue weighted by Crippen LogP contribution is -2.51. The van der Waals surface area contributed by atoms with Gasteiger partial charge in [0.1, 0.15) is 17.9 Å². The minimum Gasteiger partial charge on any atom is -0.393 e. The van der Waals surface area contributed by atoms with Gasteiger partial charge in [-0.2, -0.15) is 0 Å². The monoisotopic (exact) mass is 595 g/mol. The number of benzene rings is 1. The Morgan fingerprint density at radius 1 is 1.27 bits per heavy atom. The van der Waals surface area contributed by atoms with Gasteiger partial charge in [-0.15, -0.1) is 0 Å². The molecule has 10 heteroatoms. The number of fused-ring (bicyclic) bond motifs is 2. The summed E-state index contributed by atoms with van der Waals surface area (Å²) in [7, 11) is 0. The first kappa shape index (κ1) is 30.7. The Morgan fingerprint density at radius 2 is 1.95 bits per heavy atom. The number of nitrogens with one attached hydrogen (secondary N) is 3. The first-order valence-electron chi connectivity index (χ1n) is 13.6. The van der Waals surface area contributed by atoms with Crippen LogP contribution in [0.3, 0.4) is 0 Å². The molecule has 2 fully saturated rings. The molecule has 0 unspecified atom stereocenters. The van der Waals surface area contributed by atoms with Gasteiger partial charge in [-0.05, 0) is 66.9 Å². The Balaban J connectivity index is 1.84. The second kappa shape index (κ2) is 11.9.